The molecule has 0 spiro atoms. The van der Waals surface area contributed by atoms with Gasteiger partial charge < -0.3 is 19.2 Å². The maximum Gasteiger partial charge on any atom is 0.261 e. The summed E-state index contributed by atoms with van der Waals surface area (Å²) in [7, 11) is 0. The SMILES string of the molecule is O=C(COc1ccc(Cl)cc1)N(Cc1ccco1)Cc1ccccc1O. The van der Waals surface area contributed by atoms with Crippen LogP contribution >= 0.6 is 11.6 Å². The number of rotatable bonds is 7. The lowest BCUT2D eigenvalue weighted by molar-refractivity contribution is -0.134. The summed E-state index contributed by atoms with van der Waals surface area (Å²) in [5.41, 5.74) is 0.652. The summed E-state index contributed by atoms with van der Waals surface area (Å²) < 4.78 is 10.9. The van der Waals surface area contributed by atoms with Gasteiger partial charge in [0.05, 0.1) is 12.8 Å². The van der Waals surface area contributed by atoms with Crippen LogP contribution in [0.15, 0.2) is 71.3 Å². The lowest BCUT2D eigenvalue weighted by atomic mass is 10.2. The molecule has 0 saturated heterocycles. The summed E-state index contributed by atoms with van der Waals surface area (Å²) in [5.74, 6) is 1.13. The quantitative estimate of drug-likeness (QED) is 0.674. The Bertz CT molecular complexity index is 847. The minimum Gasteiger partial charge on any atom is -0.508 e. The number of phenolic OH excluding ortho intramolecular Hbond substituents is 1. The fraction of sp³-hybridized carbons (Fsp3) is 0.150. The smallest absolute Gasteiger partial charge is 0.261 e. The molecule has 0 unspecified atom stereocenters. The van der Waals surface area contributed by atoms with E-state index in [0.717, 1.165) is 0 Å². The molecule has 0 atom stereocenters. The number of benzene rings is 2. The van der Waals surface area contributed by atoms with Crippen LogP contribution in [-0.4, -0.2) is 22.5 Å². The van der Waals surface area contributed by atoms with Crippen LogP contribution in [0.25, 0.3) is 0 Å². The van der Waals surface area contributed by atoms with E-state index in [0.29, 0.717) is 22.1 Å². The Hall–Kier alpha value is -2.92. The van der Waals surface area contributed by atoms with E-state index >= 15 is 0 Å². The summed E-state index contributed by atoms with van der Waals surface area (Å²) >= 11 is 5.84. The Kier molecular flexibility index (Phi) is 5.81. The summed E-state index contributed by atoms with van der Waals surface area (Å²) in [6.07, 6.45) is 1.56. The van der Waals surface area contributed by atoms with Crippen molar-refractivity contribution >= 4 is 17.5 Å². The van der Waals surface area contributed by atoms with Gasteiger partial charge in [-0.15, -0.1) is 0 Å². The Labute approximate surface area is 156 Å². The number of halogens is 1. The van der Waals surface area contributed by atoms with Crippen molar-refractivity contribution in [1.29, 1.82) is 0 Å². The average Bonchev–Trinajstić information content (AvgIpc) is 3.15. The largest absolute Gasteiger partial charge is 0.508 e. The zero-order valence-electron chi connectivity index (χ0n) is 14.0. The summed E-state index contributed by atoms with van der Waals surface area (Å²) in [6, 6.07) is 17.3. The summed E-state index contributed by atoms with van der Waals surface area (Å²) in [5, 5.41) is 10.6. The van der Waals surface area contributed by atoms with Crippen molar-refractivity contribution in [2.45, 2.75) is 13.1 Å². The predicted octanol–water partition coefficient (Wildman–Crippen LogP) is 4.25. The van der Waals surface area contributed by atoms with Crippen LogP contribution in [0.1, 0.15) is 11.3 Å². The fourth-order valence-corrected chi connectivity index (χ4v) is 2.57. The van der Waals surface area contributed by atoms with Crippen molar-refractivity contribution in [3.63, 3.8) is 0 Å². The molecule has 2 aromatic carbocycles. The molecule has 0 radical (unpaired) electrons. The highest BCUT2D eigenvalue weighted by Gasteiger charge is 2.18. The zero-order chi connectivity index (χ0) is 18.4. The van der Waals surface area contributed by atoms with Gasteiger partial charge in [0, 0.05) is 17.1 Å². The van der Waals surface area contributed by atoms with Crippen molar-refractivity contribution in [3.05, 3.63) is 83.3 Å². The molecule has 1 heterocycles. The number of phenols is 1. The standard InChI is InChI=1S/C20H18ClNO4/c21-16-7-9-17(10-8-16)26-14-20(24)22(13-18-5-3-11-25-18)12-15-4-1-2-6-19(15)23/h1-11,23H,12-14H2. The van der Waals surface area contributed by atoms with Gasteiger partial charge in [0.2, 0.25) is 0 Å². The first-order valence-electron chi connectivity index (χ1n) is 8.07. The van der Waals surface area contributed by atoms with E-state index in [1.807, 2.05) is 6.07 Å². The van der Waals surface area contributed by atoms with Crippen molar-refractivity contribution < 1.29 is 19.1 Å². The van der Waals surface area contributed by atoms with Crippen LogP contribution < -0.4 is 4.74 Å². The summed E-state index contributed by atoms with van der Waals surface area (Å²) in [4.78, 5) is 14.3. The number of carbonyl (C=O) groups excluding carboxylic acids is 1. The van der Waals surface area contributed by atoms with Gasteiger partial charge in [-0.3, -0.25) is 4.79 Å². The minimum atomic E-state index is -0.223. The molecule has 0 aliphatic rings. The third-order valence-electron chi connectivity index (χ3n) is 3.81. The number of nitrogens with zero attached hydrogens (tertiary/aromatic N) is 1. The van der Waals surface area contributed by atoms with Crippen LogP contribution in [0.4, 0.5) is 0 Å². The van der Waals surface area contributed by atoms with E-state index in [-0.39, 0.29) is 31.4 Å². The van der Waals surface area contributed by atoms with E-state index in [9.17, 15) is 9.90 Å². The zero-order valence-corrected chi connectivity index (χ0v) is 14.7. The number of carbonyl (C=O) groups is 1. The van der Waals surface area contributed by atoms with E-state index in [4.69, 9.17) is 20.8 Å². The number of hydrogen-bond donors (Lipinski definition) is 1. The van der Waals surface area contributed by atoms with Gasteiger partial charge in [0.15, 0.2) is 6.61 Å². The molecule has 1 aromatic heterocycles. The molecule has 134 valence electrons. The Morgan fingerprint density at radius 2 is 1.81 bits per heavy atom. The van der Waals surface area contributed by atoms with E-state index in [1.54, 1.807) is 65.8 Å². The maximum absolute atomic E-state index is 12.7. The molecule has 1 amide bonds. The topological polar surface area (TPSA) is 62.9 Å². The fourth-order valence-electron chi connectivity index (χ4n) is 2.44. The van der Waals surface area contributed by atoms with E-state index in [2.05, 4.69) is 0 Å². The Morgan fingerprint density at radius 1 is 1.04 bits per heavy atom. The van der Waals surface area contributed by atoms with Crippen molar-refractivity contribution in [3.8, 4) is 11.5 Å². The molecule has 26 heavy (non-hydrogen) atoms. The lowest BCUT2D eigenvalue weighted by Gasteiger charge is -2.22. The molecule has 6 heteroatoms. The van der Waals surface area contributed by atoms with Crippen LogP contribution in [0.2, 0.25) is 5.02 Å². The highest BCUT2D eigenvalue weighted by atomic mass is 35.5. The molecule has 0 bridgehead atoms. The van der Waals surface area contributed by atoms with Gasteiger partial charge in [-0.1, -0.05) is 29.8 Å². The molecule has 0 saturated carbocycles. The van der Waals surface area contributed by atoms with Crippen molar-refractivity contribution in [2.75, 3.05) is 6.61 Å². The second kappa shape index (κ2) is 8.45. The average molecular weight is 372 g/mol. The minimum absolute atomic E-state index is 0.129. The van der Waals surface area contributed by atoms with Gasteiger partial charge in [-0.2, -0.15) is 0 Å². The van der Waals surface area contributed by atoms with Crippen molar-refractivity contribution in [2.24, 2.45) is 0 Å². The van der Waals surface area contributed by atoms with Crippen LogP contribution in [0, 0.1) is 0 Å². The van der Waals surface area contributed by atoms with Crippen LogP contribution in [-0.2, 0) is 17.9 Å². The highest BCUT2D eigenvalue weighted by molar-refractivity contribution is 6.30. The third kappa shape index (κ3) is 4.80. The third-order valence-corrected chi connectivity index (χ3v) is 4.06. The number of aromatic hydroxyl groups is 1. The number of ether oxygens (including phenoxy) is 1. The van der Waals surface area contributed by atoms with Crippen LogP contribution in [0.3, 0.4) is 0 Å². The highest BCUT2D eigenvalue weighted by Crippen LogP contribution is 2.20. The van der Waals surface area contributed by atoms with Crippen LogP contribution in [0.5, 0.6) is 11.5 Å². The molecule has 5 nitrogen and oxygen atoms in total. The van der Waals surface area contributed by atoms with Gasteiger partial charge in [-0.05, 0) is 42.5 Å². The molecule has 3 rings (SSSR count). The summed E-state index contributed by atoms with van der Waals surface area (Å²) in [6.45, 7) is 0.399. The Balaban J connectivity index is 1.70. The predicted molar refractivity (Wildman–Crippen MR) is 98.0 cm³/mol. The van der Waals surface area contributed by atoms with Gasteiger partial charge in [-0.25, -0.2) is 0 Å². The van der Waals surface area contributed by atoms with E-state index < -0.39 is 0 Å². The second-order valence-corrected chi connectivity index (χ2v) is 6.14. The lowest BCUT2D eigenvalue weighted by Crippen LogP contribution is -2.34. The monoisotopic (exact) mass is 371 g/mol. The molecule has 0 aliphatic carbocycles. The van der Waals surface area contributed by atoms with E-state index in [1.165, 1.54) is 0 Å². The van der Waals surface area contributed by atoms with Crippen molar-refractivity contribution in [1.82, 2.24) is 4.90 Å². The molecule has 0 aliphatic heterocycles. The van der Waals surface area contributed by atoms with Gasteiger partial charge >= 0.3 is 0 Å². The number of furan rings is 1. The second-order valence-electron chi connectivity index (χ2n) is 5.70. The normalized spacial score (nSPS) is 10.5. The first-order chi connectivity index (χ1) is 12.6. The molecular formula is C20H18ClNO4. The van der Waals surface area contributed by atoms with Gasteiger partial charge in [0.1, 0.15) is 17.3 Å². The number of para-hydroxylation sites is 1. The number of amides is 1. The molecule has 3 aromatic rings. The first-order valence-corrected chi connectivity index (χ1v) is 8.45. The number of hydrogen-bond acceptors (Lipinski definition) is 4. The molecular weight excluding hydrogens is 354 g/mol. The Morgan fingerprint density at radius 3 is 2.50 bits per heavy atom. The molecule has 1 N–H and O–H groups in total. The molecule has 0 fully saturated rings. The first kappa shape index (κ1) is 17.9. The maximum atomic E-state index is 12.7. The van der Waals surface area contributed by atoms with Gasteiger partial charge in [0.25, 0.3) is 5.91 Å².